The highest BCUT2D eigenvalue weighted by Gasteiger charge is 2.17. The Hall–Kier alpha value is -2.06. The molecule has 0 bridgehead atoms. The number of nitriles is 1. The molecule has 0 unspecified atom stereocenters. The number of aliphatic hydroxyl groups excluding tert-OH is 1. The van der Waals surface area contributed by atoms with Crippen molar-refractivity contribution in [3.8, 4) is 11.8 Å². The largest absolute Gasteiger partial charge is 0.507 e. The highest BCUT2D eigenvalue weighted by atomic mass is 16.4. The van der Waals surface area contributed by atoms with E-state index in [1.165, 1.54) is 12.1 Å². The summed E-state index contributed by atoms with van der Waals surface area (Å²) in [5.41, 5.74) is -0.521. The van der Waals surface area contributed by atoms with Crippen molar-refractivity contribution in [1.29, 1.82) is 5.26 Å². The number of rotatable bonds is 2. The quantitative estimate of drug-likeness (QED) is 0.633. The predicted molar refractivity (Wildman–Crippen MR) is 45.7 cm³/mol. The van der Waals surface area contributed by atoms with Crippen molar-refractivity contribution >= 4 is 5.97 Å². The van der Waals surface area contributed by atoms with Crippen molar-refractivity contribution in [3.63, 3.8) is 0 Å². The van der Waals surface area contributed by atoms with Crippen molar-refractivity contribution in [2.75, 3.05) is 0 Å². The molecule has 0 aliphatic carbocycles. The van der Waals surface area contributed by atoms with Gasteiger partial charge in [-0.3, -0.25) is 0 Å². The molecule has 14 heavy (non-hydrogen) atoms. The fraction of sp³-hybridized carbons (Fsp3) is 0.111. The van der Waals surface area contributed by atoms with Gasteiger partial charge in [-0.1, -0.05) is 6.07 Å². The first-order chi connectivity index (χ1) is 6.61. The third kappa shape index (κ3) is 1.51. The zero-order valence-electron chi connectivity index (χ0n) is 7.06. The van der Waals surface area contributed by atoms with E-state index in [-0.39, 0.29) is 11.1 Å². The molecule has 0 saturated heterocycles. The molecule has 3 N–H and O–H groups in total. The van der Waals surface area contributed by atoms with Gasteiger partial charge in [-0.15, -0.1) is 0 Å². The number of hydrogen-bond donors (Lipinski definition) is 3. The van der Waals surface area contributed by atoms with Crippen molar-refractivity contribution in [3.05, 3.63) is 28.8 Å². The van der Waals surface area contributed by atoms with E-state index >= 15 is 0 Å². The van der Waals surface area contributed by atoms with Gasteiger partial charge in [0.15, 0.2) is 0 Å². The predicted octanol–water partition coefficient (Wildman–Crippen LogP) is 0.454. The van der Waals surface area contributed by atoms with Gasteiger partial charge >= 0.3 is 5.97 Å². The smallest absolute Gasteiger partial charge is 0.340 e. The van der Waals surface area contributed by atoms with Crippen LogP contribution < -0.4 is 0 Å². The Morgan fingerprint density at radius 3 is 2.57 bits per heavy atom. The van der Waals surface area contributed by atoms with E-state index in [9.17, 15) is 9.90 Å². The van der Waals surface area contributed by atoms with Gasteiger partial charge in [-0.2, -0.15) is 5.26 Å². The lowest BCUT2D eigenvalue weighted by Crippen LogP contribution is -2.02. The number of carboxylic acid groups (broad SMARTS) is 1. The lowest BCUT2D eigenvalue weighted by molar-refractivity contribution is 0.0693. The second kappa shape index (κ2) is 3.77. The Morgan fingerprint density at radius 1 is 1.50 bits per heavy atom. The maximum Gasteiger partial charge on any atom is 0.340 e. The molecule has 0 fully saturated rings. The van der Waals surface area contributed by atoms with Crippen LogP contribution in [0.25, 0.3) is 0 Å². The number of nitrogens with zero attached hydrogens (tertiary/aromatic N) is 1. The molecular weight excluding hydrogens is 186 g/mol. The number of benzene rings is 1. The van der Waals surface area contributed by atoms with Crippen LogP contribution in [-0.2, 0) is 6.61 Å². The summed E-state index contributed by atoms with van der Waals surface area (Å²) in [7, 11) is 0. The standard InChI is InChI=1S/C9H7NO4/c10-3-5-1-2-6(4-11)8(12)7(5)9(13)14/h1-2,11-12H,4H2,(H,13,14). The molecule has 0 saturated carbocycles. The first kappa shape index (κ1) is 10.0. The molecule has 1 aromatic rings. The second-order valence-corrected chi connectivity index (χ2v) is 2.57. The first-order valence-electron chi connectivity index (χ1n) is 3.71. The molecule has 5 nitrogen and oxygen atoms in total. The lowest BCUT2D eigenvalue weighted by atomic mass is 10.0. The van der Waals surface area contributed by atoms with Crippen LogP contribution in [0.15, 0.2) is 12.1 Å². The van der Waals surface area contributed by atoms with Crippen molar-refractivity contribution < 1.29 is 20.1 Å². The molecule has 0 spiro atoms. The van der Waals surface area contributed by atoms with Crippen LogP contribution in [0.1, 0.15) is 21.5 Å². The molecule has 0 radical (unpaired) electrons. The summed E-state index contributed by atoms with van der Waals surface area (Å²) in [5.74, 6) is -1.95. The minimum atomic E-state index is -1.39. The summed E-state index contributed by atoms with van der Waals surface area (Å²) < 4.78 is 0. The van der Waals surface area contributed by atoms with Crippen LogP contribution in [0.2, 0.25) is 0 Å². The van der Waals surface area contributed by atoms with Gasteiger partial charge in [0.2, 0.25) is 0 Å². The average molecular weight is 193 g/mol. The molecule has 0 aromatic heterocycles. The van der Waals surface area contributed by atoms with Crippen LogP contribution in [0.4, 0.5) is 0 Å². The Kier molecular flexibility index (Phi) is 2.70. The van der Waals surface area contributed by atoms with Gasteiger partial charge in [-0.05, 0) is 6.07 Å². The summed E-state index contributed by atoms with van der Waals surface area (Å²) in [6, 6.07) is 4.20. The lowest BCUT2D eigenvalue weighted by Gasteiger charge is -2.05. The first-order valence-corrected chi connectivity index (χ1v) is 3.71. The number of aromatic carboxylic acids is 1. The van der Waals surface area contributed by atoms with E-state index in [4.69, 9.17) is 15.5 Å². The van der Waals surface area contributed by atoms with E-state index < -0.39 is 23.9 Å². The van der Waals surface area contributed by atoms with Crippen molar-refractivity contribution in [2.45, 2.75) is 6.61 Å². The summed E-state index contributed by atoms with van der Waals surface area (Å²) in [6.45, 7) is -0.474. The normalized spacial score (nSPS) is 9.43. The molecule has 5 heteroatoms. The number of aliphatic hydroxyl groups is 1. The van der Waals surface area contributed by atoms with Crippen molar-refractivity contribution in [1.82, 2.24) is 0 Å². The SMILES string of the molecule is N#Cc1ccc(CO)c(O)c1C(=O)O. The number of phenols is 1. The summed E-state index contributed by atoms with van der Waals surface area (Å²) in [5, 5.41) is 35.4. The molecule has 1 rings (SSSR count). The van der Waals surface area contributed by atoms with E-state index in [0.717, 1.165) is 0 Å². The van der Waals surface area contributed by atoms with E-state index in [2.05, 4.69) is 0 Å². The van der Waals surface area contributed by atoms with Gasteiger partial charge in [0.25, 0.3) is 0 Å². The van der Waals surface area contributed by atoms with E-state index in [1.54, 1.807) is 6.07 Å². The summed E-state index contributed by atoms with van der Waals surface area (Å²) in [4.78, 5) is 10.7. The zero-order chi connectivity index (χ0) is 10.7. The van der Waals surface area contributed by atoms with Gasteiger partial charge in [0, 0.05) is 5.56 Å². The highest BCUT2D eigenvalue weighted by molar-refractivity contribution is 5.94. The molecule has 0 atom stereocenters. The molecule has 1 aromatic carbocycles. The third-order valence-electron chi connectivity index (χ3n) is 1.77. The number of carbonyl (C=O) groups is 1. The highest BCUT2D eigenvalue weighted by Crippen LogP contribution is 2.25. The Bertz CT molecular complexity index is 420. The maximum absolute atomic E-state index is 10.7. The maximum atomic E-state index is 10.7. The Morgan fingerprint density at radius 2 is 2.14 bits per heavy atom. The minimum absolute atomic E-state index is 0.0846. The van der Waals surface area contributed by atoms with Gasteiger partial charge in [0.05, 0.1) is 12.2 Å². The molecule has 72 valence electrons. The average Bonchev–Trinajstić information content (AvgIpc) is 2.16. The van der Waals surface area contributed by atoms with Crippen LogP contribution >= 0.6 is 0 Å². The molecular formula is C9H7NO4. The van der Waals surface area contributed by atoms with Gasteiger partial charge < -0.3 is 15.3 Å². The van der Waals surface area contributed by atoms with Gasteiger partial charge in [0.1, 0.15) is 17.4 Å². The van der Waals surface area contributed by atoms with E-state index in [0.29, 0.717) is 0 Å². The van der Waals surface area contributed by atoms with Crippen LogP contribution in [-0.4, -0.2) is 21.3 Å². The summed E-state index contributed by atoms with van der Waals surface area (Å²) >= 11 is 0. The molecule has 0 aliphatic rings. The fourth-order valence-corrected chi connectivity index (χ4v) is 1.07. The van der Waals surface area contributed by atoms with Crippen LogP contribution in [0.3, 0.4) is 0 Å². The fourth-order valence-electron chi connectivity index (χ4n) is 1.07. The van der Waals surface area contributed by atoms with Crippen molar-refractivity contribution in [2.24, 2.45) is 0 Å². The number of hydrogen-bond acceptors (Lipinski definition) is 4. The zero-order valence-corrected chi connectivity index (χ0v) is 7.06. The van der Waals surface area contributed by atoms with E-state index in [1.807, 2.05) is 0 Å². The number of carboxylic acids is 1. The van der Waals surface area contributed by atoms with Gasteiger partial charge in [-0.25, -0.2) is 4.79 Å². The third-order valence-corrected chi connectivity index (χ3v) is 1.77. The van der Waals surface area contributed by atoms with Crippen LogP contribution in [0, 0.1) is 11.3 Å². The monoisotopic (exact) mass is 193 g/mol. The molecule has 0 heterocycles. The number of aromatic hydroxyl groups is 1. The molecule has 0 amide bonds. The Balaban J connectivity index is 3.49. The summed E-state index contributed by atoms with van der Waals surface area (Å²) in [6.07, 6.45) is 0. The Labute approximate surface area is 79.5 Å². The van der Waals surface area contributed by atoms with Crippen LogP contribution in [0.5, 0.6) is 5.75 Å². The second-order valence-electron chi connectivity index (χ2n) is 2.57. The minimum Gasteiger partial charge on any atom is -0.507 e. The topological polar surface area (TPSA) is 102 Å². The molecule has 0 aliphatic heterocycles.